The van der Waals surface area contributed by atoms with E-state index >= 15 is 0 Å². The van der Waals surface area contributed by atoms with Crippen molar-refractivity contribution in [2.75, 3.05) is 6.54 Å². The molecule has 1 aromatic rings. The summed E-state index contributed by atoms with van der Waals surface area (Å²) in [5, 5.41) is 0. The molecule has 25 heavy (non-hydrogen) atoms. The molecule has 0 spiro atoms. The number of hydrogen-bond acceptors (Lipinski definition) is 2. The minimum Gasteiger partial charge on any atom is -0.338 e. The molecule has 0 radical (unpaired) electrons. The lowest BCUT2D eigenvalue weighted by Crippen LogP contribution is -2.37. The number of amides is 1. The van der Waals surface area contributed by atoms with E-state index in [1.54, 1.807) is 6.20 Å². The normalized spacial score (nSPS) is 28.4. The topological polar surface area (TPSA) is 33.2 Å². The minimum atomic E-state index is 0.363. The van der Waals surface area contributed by atoms with Crippen LogP contribution in [0.2, 0.25) is 0 Å². The van der Waals surface area contributed by atoms with Crippen LogP contribution in [0.25, 0.3) is 0 Å². The van der Waals surface area contributed by atoms with E-state index in [1.165, 1.54) is 44.9 Å². The molecule has 0 N–H and O–H groups in total. The van der Waals surface area contributed by atoms with E-state index in [0.717, 1.165) is 31.0 Å². The summed E-state index contributed by atoms with van der Waals surface area (Å²) in [6.07, 6.45) is 18.2. The Morgan fingerprint density at radius 3 is 2.72 bits per heavy atom. The summed E-state index contributed by atoms with van der Waals surface area (Å²) in [5.41, 5.74) is 1.15. The van der Waals surface area contributed by atoms with Crippen LogP contribution in [-0.2, 0) is 11.3 Å². The summed E-state index contributed by atoms with van der Waals surface area (Å²) in [6, 6.07) is 4.06. The molecule has 2 bridgehead atoms. The van der Waals surface area contributed by atoms with Crippen molar-refractivity contribution in [1.29, 1.82) is 0 Å². The second-order valence-electron chi connectivity index (χ2n) is 8.38. The third-order valence-electron chi connectivity index (χ3n) is 6.51. The van der Waals surface area contributed by atoms with E-state index in [4.69, 9.17) is 0 Å². The quantitative estimate of drug-likeness (QED) is 0.711. The Bertz CT molecular complexity index is 606. The SMILES string of the molecule is O=C(CC1CCCCC1)N(Cc1cccnc1)C[C@H]1C[C@@H]2C=C[C@H]1C2. The molecule has 3 atom stereocenters. The van der Waals surface area contributed by atoms with Crippen molar-refractivity contribution < 1.29 is 4.79 Å². The average Bonchev–Trinajstić information content (AvgIpc) is 3.26. The van der Waals surface area contributed by atoms with Gasteiger partial charge >= 0.3 is 0 Å². The maximum absolute atomic E-state index is 13.1. The highest BCUT2D eigenvalue weighted by Gasteiger charge is 2.37. The first-order valence-electron chi connectivity index (χ1n) is 10.1. The first-order valence-corrected chi connectivity index (χ1v) is 10.1. The molecule has 3 heteroatoms. The third-order valence-corrected chi connectivity index (χ3v) is 6.51. The first-order chi connectivity index (χ1) is 12.3. The van der Waals surface area contributed by atoms with Crippen LogP contribution >= 0.6 is 0 Å². The lowest BCUT2D eigenvalue weighted by molar-refractivity contribution is -0.133. The molecule has 0 aromatic carbocycles. The fraction of sp³-hybridized carbons (Fsp3) is 0.636. The molecule has 1 amide bonds. The molecule has 2 fully saturated rings. The van der Waals surface area contributed by atoms with Gasteiger partial charge in [0.05, 0.1) is 0 Å². The highest BCUT2D eigenvalue weighted by Crippen LogP contribution is 2.43. The molecule has 4 rings (SSSR count). The monoisotopic (exact) mass is 338 g/mol. The van der Waals surface area contributed by atoms with Gasteiger partial charge in [0, 0.05) is 31.9 Å². The van der Waals surface area contributed by atoms with Gasteiger partial charge in [-0.05, 0) is 61.0 Å². The van der Waals surface area contributed by atoms with Gasteiger partial charge in [-0.3, -0.25) is 9.78 Å². The number of carbonyl (C=O) groups excluding carboxylic acids is 1. The zero-order valence-corrected chi connectivity index (χ0v) is 15.1. The van der Waals surface area contributed by atoms with Gasteiger partial charge < -0.3 is 4.90 Å². The van der Waals surface area contributed by atoms with E-state index < -0.39 is 0 Å². The number of carbonyl (C=O) groups is 1. The van der Waals surface area contributed by atoms with Crippen LogP contribution in [0.1, 0.15) is 56.9 Å². The Hall–Kier alpha value is -1.64. The van der Waals surface area contributed by atoms with Gasteiger partial charge in [-0.2, -0.15) is 0 Å². The molecule has 2 saturated carbocycles. The molecule has 0 aliphatic heterocycles. The van der Waals surface area contributed by atoms with Crippen LogP contribution in [-0.4, -0.2) is 22.3 Å². The molecular formula is C22H30N2O. The summed E-state index contributed by atoms with van der Waals surface area (Å²) in [4.78, 5) is 19.5. The summed E-state index contributed by atoms with van der Waals surface area (Å²) in [7, 11) is 0. The lowest BCUT2D eigenvalue weighted by atomic mass is 9.86. The van der Waals surface area contributed by atoms with Crippen LogP contribution in [0.3, 0.4) is 0 Å². The average molecular weight is 338 g/mol. The van der Waals surface area contributed by atoms with Crippen molar-refractivity contribution in [3.05, 3.63) is 42.2 Å². The van der Waals surface area contributed by atoms with Gasteiger partial charge in [0.25, 0.3) is 0 Å². The molecular weight excluding hydrogens is 308 g/mol. The van der Waals surface area contributed by atoms with E-state index in [0.29, 0.717) is 23.7 Å². The van der Waals surface area contributed by atoms with Gasteiger partial charge in [-0.25, -0.2) is 0 Å². The van der Waals surface area contributed by atoms with Crippen LogP contribution < -0.4 is 0 Å². The van der Waals surface area contributed by atoms with Crippen LogP contribution in [0.15, 0.2) is 36.7 Å². The second kappa shape index (κ2) is 7.72. The fourth-order valence-corrected chi connectivity index (χ4v) is 5.12. The Balaban J connectivity index is 1.42. The molecule has 0 unspecified atom stereocenters. The van der Waals surface area contributed by atoms with Crippen molar-refractivity contribution in [1.82, 2.24) is 9.88 Å². The Kier molecular flexibility index (Phi) is 5.19. The van der Waals surface area contributed by atoms with Gasteiger partial charge in [0.1, 0.15) is 0 Å². The Morgan fingerprint density at radius 2 is 2.04 bits per heavy atom. The number of pyridine rings is 1. The summed E-state index contributed by atoms with van der Waals surface area (Å²) in [6.45, 7) is 1.64. The second-order valence-corrected chi connectivity index (χ2v) is 8.38. The van der Waals surface area contributed by atoms with Crippen molar-refractivity contribution in [3.63, 3.8) is 0 Å². The van der Waals surface area contributed by atoms with E-state index in [-0.39, 0.29) is 0 Å². The standard InChI is InChI=1S/C22H30N2O/c25-22(13-17-5-2-1-3-6-17)24(15-19-7-4-10-23-14-19)16-21-12-18-8-9-20(21)11-18/h4,7-10,14,17-18,20-21H,1-3,5-6,11-13,15-16H2/t18-,20+,21-/m1/s1. The lowest BCUT2D eigenvalue weighted by Gasteiger charge is -2.31. The summed E-state index contributed by atoms with van der Waals surface area (Å²) < 4.78 is 0. The van der Waals surface area contributed by atoms with Crippen molar-refractivity contribution in [3.8, 4) is 0 Å². The van der Waals surface area contributed by atoms with E-state index in [1.807, 2.05) is 12.3 Å². The molecule has 1 heterocycles. The van der Waals surface area contributed by atoms with Gasteiger partial charge in [-0.15, -0.1) is 0 Å². The largest absolute Gasteiger partial charge is 0.338 e. The maximum Gasteiger partial charge on any atom is 0.223 e. The zero-order chi connectivity index (χ0) is 17.1. The minimum absolute atomic E-state index is 0.363. The van der Waals surface area contributed by atoms with Gasteiger partial charge in [0.2, 0.25) is 5.91 Å². The number of aromatic nitrogens is 1. The number of fused-ring (bicyclic) bond motifs is 2. The smallest absolute Gasteiger partial charge is 0.223 e. The van der Waals surface area contributed by atoms with E-state index in [2.05, 4.69) is 28.1 Å². The van der Waals surface area contributed by atoms with E-state index in [9.17, 15) is 4.79 Å². The highest BCUT2D eigenvalue weighted by molar-refractivity contribution is 5.76. The molecule has 1 aromatic heterocycles. The van der Waals surface area contributed by atoms with Crippen molar-refractivity contribution in [2.45, 2.75) is 57.9 Å². The molecule has 0 saturated heterocycles. The van der Waals surface area contributed by atoms with Gasteiger partial charge in [0.15, 0.2) is 0 Å². The predicted molar refractivity (Wildman–Crippen MR) is 99.7 cm³/mol. The number of rotatable bonds is 6. The molecule has 3 aliphatic rings. The Morgan fingerprint density at radius 1 is 1.16 bits per heavy atom. The van der Waals surface area contributed by atoms with Crippen LogP contribution in [0, 0.1) is 23.7 Å². The Labute approximate surface area is 151 Å². The highest BCUT2D eigenvalue weighted by atomic mass is 16.2. The predicted octanol–water partition coefficient (Wildman–Crippen LogP) is 4.59. The number of hydrogen-bond donors (Lipinski definition) is 0. The molecule has 134 valence electrons. The van der Waals surface area contributed by atoms with Gasteiger partial charge in [-0.1, -0.05) is 37.5 Å². The van der Waals surface area contributed by atoms with Crippen molar-refractivity contribution >= 4 is 5.91 Å². The third kappa shape index (κ3) is 4.13. The summed E-state index contributed by atoms with van der Waals surface area (Å²) >= 11 is 0. The molecule has 3 aliphatic carbocycles. The van der Waals surface area contributed by atoms with Crippen LogP contribution in [0.4, 0.5) is 0 Å². The maximum atomic E-state index is 13.1. The van der Waals surface area contributed by atoms with Crippen molar-refractivity contribution in [2.24, 2.45) is 23.7 Å². The fourth-order valence-electron chi connectivity index (χ4n) is 5.12. The number of allylic oxidation sites excluding steroid dienone is 2. The van der Waals surface area contributed by atoms with Crippen LogP contribution in [0.5, 0.6) is 0 Å². The molecule has 3 nitrogen and oxygen atoms in total. The first kappa shape index (κ1) is 16.8. The summed E-state index contributed by atoms with van der Waals surface area (Å²) in [5.74, 6) is 3.09. The zero-order valence-electron chi connectivity index (χ0n) is 15.1. The number of nitrogens with zero attached hydrogens (tertiary/aromatic N) is 2.